The van der Waals surface area contributed by atoms with Crippen molar-refractivity contribution in [3.8, 4) is 16.9 Å². The summed E-state index contributed by atoms with van der Waals surface area (Å²) in [5.41, 5.74) is 9.67. The summed E-state index contributed by atoms with van der Waals surface area (Å²) in [6.45, 7) is 2.01. The molecule has 0 unspecified atom stereocenters. The van der Waals surface area contributed by atoms with Gasteiger partial charge in [0.05, 0.1) is 6.20 Å². The molecule has 0 atom stereocenters. The minimum absolute atomic E-state index is 0.744. The van der Waals surface area contributed by atoms with Crippen molar-refractivity contribution in [3.63, 3.8) is 0 Å². The molecule has 0 amide bonds. The van der Waals surface area contributed by atoms with Crippen LogP contribution < -0.4 is 5.73 Å². The molecule has 4 nitrogen and oxygen atoms in total. The maximum Gasteiger partial charge on any atom is 0.156 e. The van der Waals surface area contributed by atoms with Crippen LogP contribution in [0.4, 0.5) is 5.69 Å². The van der Waals surface area contributed by atoms with Gasteiger partial charge in [-0.3, -0.25) is 0 Å². The molecule has 0 saturated carbocycles. The SMILES string of the molecule is Cc1cc(Br)cnc1-n1cc(-c2cccc(N)c2)cn1. The second kappa shape index (κ2) is 5.09. The normalized spacial score (nSPS) is 10.7. The Morgan fingerprint density at radius 1 is 1.15 bits per heavy atom. The number of nitrogen functional groups attached to an aromatic ring is 1. The summed E-state index contributed by atoms with van der Waals surface area (Å²) in [5.74, 6) is 0.823. The average Bonchev–Trinajstić information content (AvgIpc) is 2.88. The van der Waals surface area contributed by atoms with E-state index in [0.29, 0.717) is 0 Å². The third-order valence-electron chi connectivity index (χ3n) is 3.04. The zero-order chi connectivity index (χ0) is 14.1. The molecule has 3 rings (SSSR count). The lowest BCUT2D eigenvalue weighted by Gasteiger charge is -2.04. The average molecular weight is 329 g/mol. The molecule has 3 aromatic rings. The van der Waals surface area contributed by atoms with Crippen LogP contribution >= 0.6 is 15.9 Å². The van der Waals surface area contributed by atoms with E-state index in [9.17, 15) is 0 Å². The van der Waals surface area contributed by atoms with Gasteiger partial charge in [-0.1, -0.05) is 12.1 Å². The first kappa shape index (κ1) is 12.9. The molecule has 2 N–H and O–H groups in total. The summed E-state index contributed by atoms with van der Waals surface area (Å²) >= 11 is 3.41. The van der Waals surface area contributed by atoms with E-state index in [0.717, 1.165) is 32.7 Å². The van der Waals surface area contributed by atoms with Crippen LogP contribution in [0.15, 0.2) is 53.4 Å². The van der Waals surface area contributed by atoms with Gasteiger partial charge in [0, 0.05) is 28.1 Å². The van der Waals surface area contributed by atoms with Crippen LogP contribution in [0.5, 0.6) is 0 Å². The molecule has 0 fully saturated rings. The molecule has 5 heteroatoms. The highest BCUT2D eigenvalue weighted by Crippen LogP contribution is 2.23. The van der Waals surface area contributed by atoms with E-state index in [2.05, 4.69) is 26.0 Å². The van der Waals surface area contributed by atoms with E-state index in [1.165, 1.54) is 0 Å². The van der Waals surface area contributed by atoms with E-state index < -0.39 is 0 Å². The van der Waals surface area contributed by atoms with Crippen molar-refractivity contribution in [3.05, 3.63) is 59.0 Å². The van der Waals surface area contributed by atoms with Gasteiger partial charge >= 0.3 is 0 Å². The first-order valence-corrected chi connectivity index (χ1v) is 6.96. The van der Waals surface area contributed by atoms with Crippen LogP contribution in [0.3, 0.4) is 0 Å². The van der Waals surface area contributed by atoms with Crippen LogP contribution in [-0.4, -0.2) is 14.8 Å². The van der Waals surface area contributed by atoms with Crippen molar-refractivity contribution in [2.45, 2.75) is 6.92 Å². The van der Waals surface area contributed by atoms with Crippen molar-refractivity contribution in [2.75, 3.05) is 5.73 Å². The summed E-state index contributed by atoms with van der Waals surface area (Å²) in [5, 5.41) is 4.38. The first-order chi connectivity index (χ1) is 9.63. The number of pyridine rings is 1. The van der Waals surface area contributed by atoms with E-state index in [4.69, 9.17) is 5.73 Å². The fourth-order valence-corrected chi connectivity index (χ4v) is 2.52. The molecule has 0 bridgehead atoms. The number of aromatic nitrogens is 3. The number of rotatable bonds is 2. The van der Waals surface area contributed by atoms with E-state index in [1.807, 2.05) is 49.6 Å². The zero-order valence-electron chi connectivity index (χ0n) is 10.9. The second-order valence-corrected chi connectivity index (χ2v) is 5.51. The Labute approximate surface area is 125 Å². The molecule has 0 aliphatic rings. The number of anilines is 1. The molecule has 0 aliphatic heterocycles. The number of hydrogen-bond acceptors (Lipinski definition) is 3. The molecule has 0 radical (unpaired) electrons. The van der Waals surface area contributed by atoms with E-state index >= 15 is 0 Å². The number of halogens is 1. The number of aryl methyl sites for hydroxylation is 1. The number of nitrogens with two attached hydrogens (primary N) is 1. The molecule has 0 aliphatic carbocycles. The van der Waals surface area contributed by atoms with Gasteiger partial charge in [0.25, 0.3) is 0 Å². The molecular formula is C15H13BrN4. The molecular weight excluding hydrogens is 316 g/mol. The third kappa shape index (κ3) is 2.44. The van der Waals surface area contributed by atoms with Crippen molar-refractivity contribution in [1.29, 1.82) is 0 Å². The lowest BCUT2D eigenvalue weighted by Crippen LogP contribution is -2.00. The standard InChI is InChI=1S/C15H13BrN4/c1-10-5-13(16)8-18-15(10)20-9-12(7-19-20)11-3-2-4-14(17)6-11/h2-9H,17H2,1H3. The largest absolute Gasteiger partial charge is 0.399 e. The minimum atomic E-state index is 0.744. The number of benzene rings is 1. The van der Waals surface area contributed by atoms with Crippen LogP contribution in [0.1, 0.15) is 5.56 Å². The van der Waals surface area contributed by atoms with Gasteiger partial charge in [-0.25, -0.2) is 9.67 Å². The molecule has 2 aromatic heterocycles. The summed E-state index contributed by atoms with van der Waals surface area (Å²) in [7, 11) is 0. The molecule has 1 aromatic carbocycles. The predicted octanol–water partition coefficient (Wildman–Crippen LogP) is 3.59. The van der Waals surface area contributed by atoms with E-state index in [-0.39, 0.29) is 0 Å². The molecule has 20 heavy (non-hydrogen) atoms. The number of nitrogens with zero attached hydrogens (tertiary/aromatic N) is 3. The molecule has 0 saturated heterocycles. The second-order valence-electron chi connectivity index (χ2n) is 4.59. The zero-order valence-corrected chi connectivity index (χ0v) is 12.5. The van der Waals surface area contributed by atoms with Gasteiger partial charge < -0.3 is 5.73 Å². The van der Waals surface area contributed by atoms with Crippen molar-refractivity contribution >= 4 is 21.6 Å². The maximum absolute atomic E-state index is 5.81. The Bertz CT molecular complexity index is 764. The summed E-state index contributed by atoms with van der Waals surface area (Å²) in [6, 6.07) is 9.77. The topological polar surface area (TPSA) is 56.7 Å². The van der Waals surface area contributed by atoms with Crippen LogP contribution in [-0.2, 0) is 0 Å². The Kier molecular flexibility index (Phi) is 3.28. The van der Waals surface area contributed by atoms with Crippen molar-refractivity contribution in [1.82, 2.24) is 14.8 Å². The molecule has 0 spiro atoms. The Balaban J connectivity index is 2.02. The Hall–Kier alpha value is -2.14. The van der Waals surface area contributed by atoms with Gasteiger partial charge in [-0.05, 0) is 52.2 Å². The van der Waals surface area contributed by atoms with Gasteiger partial charge in [0.15, 0.2) is 5.82 Å². The fraction of sp³-hybridized carbons (Fsp3) is 0.0667. The summed E-state index contributed by atoms with van der Waals surface area (Å²) in [6.07, 6.45) is 5.54. The fourth-order valence-electron chi connectivity index (χ4n) is 2.08. The predicted molar refractivity (Wildman–Crippen MR) is 83.6 cm³/mol. The molecule has 100 valence electrons. The quantitative estimate of drug-likeness (QED) is 0.731. The van der Waals surface area contributed by atoms with Gasteiger partial charge in [0.2, 0.25) is 0 Å². The first-order valence-electron chi connectivity index (χ1n) is 6.16. The Morgan fingerprint density at radius 2 is 2.00 bits per heavy atom. The monoisotopic (exact) mass is 328 g/mol. The highest BCUT2D eigenvalue weighted by Gasteiger charge is 2.07. The summed E-state index contributed by atoms with van der Waals surface area (Å²) < 4.78 is 2.74. The molecule has 2 heterocycles. The smallest absolute Gasteiger partial charge is 0.156 e. The van der Waals surface area contributed by atoms with Crippen LogP contribution in [0.25, 0.3) is 16.9 Å². The van der Waals surface area contributed by atoms with E-state index in [1.54, 1.807) is 10.9 Å². The van der Waals surface area contributed by atoms with Crippen molar-refractivity contribution < 1.29 is 0 Å². The Morgan fingerprint density at radius 3 is 2.75 bits per heavy atom. The van der Waals surface area contributed by atoms with Gasteiger partial charge in [0.1, 0.15) is 0 Å². The van der Waals surface area contributed by atoms with Crippen LogP contribution in [0, 0.1) is 6.92 Å². The maximum atomic E-state index is 5.81. The lowest BCUT2D eigenvalue weighted by atomic mass is 10.1. The van der Waals surface area contributed by atoms with Gasteiger partial charge in [-0.15, -0.1) is 0 Å². The third-order valence-corrected chi connectivity index (χ3v) is 3.47. The number of hydrogen-bond donors (Lipinski definition) is 1. The highest BCUT2D eigenvalue weighted by atomic mass is 79.9. The minimum Gasteiger partial charge on any atom is -0.399 e. The summed E-state index contributed by atoms with van der Waals surface area (Å²) in [4.78, 5) is 4.40. The van der Waals surface area contributed by atoms with Crippen molar-refractivity contribution in [2.24, 2.45) is 0 Å². The van der Waals surface area contributed by atoms with Crippen LogP contribution in [0.2, 0.25) is 0 Å². The lowest BCUT2D eigenvalue weighted by molar-refractivity contribution is 0.837. The highest BCUT2D eigenvalue weighted by molar-refractivity contribution is 9.10. The van der Waals surface area contributed by atoms with Gasteiger partial charge in [-0.2, -0.15) is 5.10 Å².